The van der Waals surface area contributed by atoms with Gasteiger partial charge in [0.15, 0.2) is 6.61 Å². The highest BCUT2D eigenvalue weighted by molar-refractivity contribution is 7.89. The predicted molar refractivity (Wildman–Crippen MR) is 99.2 cm³/mol. The smallest absolute Gasteiger partial charge is 0.338 e. The van der Waals surface area contributed by atoms with Crippen molar-refractivity contribution in [1.29, 1.82) is 0 Å². The van der Waals surface area contributed by atoms with Gasteiger partial charge in [0.05, 0.1) is 17.1 Å². The summed E-state index contributed by atoms with van der Waals surface area (Å²) in [7, 11) is -2.41. The zero-order chi connectivity index (χ0) is 19.9. The van der Waals surface area contributed by atoms with Crippen molar-refractivity contribution >= 4 is 27.6 Å². The van der Waals surface area contributed by atoms with Gasteiger partial charge in [-0.05, 0) is 56.4 Å². The van der Waals surface area contributed by atoms with E-state index in [-0.39, 0.29) is 10.5 Å². The highest BCUT2D eigenvalue weighted by Gasteiger charge is 2.16. The number of amides is 1. The summed E-state index contributed by atoms with van der Waals surface area (Å²) in [6.45, 7) is 1.90. The maximum atomic E-state index is 12.1. The fraction of sp³-hybridized carbons (Fsp3) is 0.222. The van der Waals surface area contributed by atoms with Gasteiger partial charge in [-0.1, -0.05) is 6.07 Å². The standard InChI is InChI=1S/C18H20N2O6S/c1-3-25-15-9-7-14(8-10-15)20-17(21)12-26-18(22)13-5-4-6-16(11-13)27(23,24)19-2/h4-11,19H,3,12H2,1-2H3,(H,20,21). The van der Waals surface area contributed by atoms with Gasteiger partial charge in [0.2, 0.25) is 10.0 Å². The van der Waals surface area contributed by atoms with Crippen LogP contribution in [-0.4, -0.2) is 40.6 Å². The van der Waals surface area contributed by atoms with Crippen molar-refractivity contribution in [2.24, 2.45) is 0 Å². The molecule has 2 rings (SSSR count). The summed E-state index contributed by atoms with van der Waals surface area (Å²) in [5.74, 6) is -0.644. The molecule has 2 aromatic rings. The molecule has 0 aromatic heterocycles. The van der Waals surface area contributed by atoms with Crippen LogP contribution in [0.1, 0.15) is 17.3 Å². The van der Waals surface area contributed by atoms with Crippen LogP contribution in [0.3, 0.4) is 0 Å². The Bertz CT molecular complexity index is 910. The lowest BCUT2D eigenvalue weighted by Gasteiger charge is -2.08. The van der Waals surface area contributed by atoms with Crippen LogP contribution in [0.4, 0.5) is 5.69 Å². The SMILES string of the molecule is CCOc1ccc(NC(=O)COC(=O)c2cccc(S(=O)(=O)NC)c2)cc1. The summed E-state index contributed by atoms with van der Waals surface area (Å²) in [5, 5.41) is 2.59. The molecule has 0 heterocycles. The molecule has 144 valence electrons. The molecule has 0 spiro atoms. The molecule has 0 unspecified atom stereocenters. The molecule has 0 saturated carbocycles. The van der Waals surface area contributed by atoms with Crippen molar-refractivity contribution in [2.75, 3.05) is 25.6 Å². The van der Waals surface area contributed by atoms with Crippen LogP contribution in [0.25, 0.3) is 0 Å². The molecule has 0 saturated heterocycles. The third-order valence-electron chi connectivity index (χ3n) is 3.43. The first-order chi connectivity index (χ1) is 12.9. The van der Waals surface area contributed by atoms with E-state index in [1.54, 1.807) is 24.3 Å². The van der Waals surface area contributed by atoms with E-state index < -0.39 is 28.5 Å². The van der Waals surface area contributed by atoms with E-state index in [1.807, 2.05) is 6.92 Å². The van der Waals surface area contributed by atoms with E-state index in [4.69, 9.17) is 9.47 Å². The van der Waals surface area contributed by atoms with Crippen LogP contribution in [-0.2, 0) is 19.6 Å². The summed E-state index contributed by atoms with van der Waals surface area (Å²) in [5.41, 5.74) is 0.557. The average Bonchev–Trinajstić information content (AvgIpc) is 2.68. The van der Waals surface area contributed by atoms with E-state index in [2.05, 4.69) is 10.0 Å². The van der Waals surface area contributed by atoms with Crippen LogP contribution in [0.2, 0.25) is 0 Å². The Balaban J connectivity index is 1.93. The van der Waals surface area contributed by atoms with Crippen molar-refractivity contribution in [3.63, 3.8) is 0 Å². The van der Waals surface area contributed by atoms with Gasteiger partial charge < -0.3 is 14.8 Å². The van der Waals surface area contributed by atoms with Gasteiger partial charge in [0, 0.05) is 5.69 Å². The Morgan fingerprint density at radius 2 is 1.78 bits per heavy atom. The highest BCUT2D eigenvalue weighted by Crippen LogP contribution is 2.16. The number of anilines is 1. The van der Waals surface area contributed by atoms with Crippen molar-refractivity contribution in [3.8, 4) is 5.75 Å². The molecular weight excluding hydrogens is 372 g/mol. The van der Waals surface area contributed by atoms with E-state index >= 15 is 0 Å². The minimum absolute atomic E-state index is 0.0280. The molecule has 0 fully saturated rings. The van der Waals surface area contributed by atoms with Gasteiger partial charge in [-0.25, -0.2) is 17.9 Å². The normalized spacial score (nSPS) is 10.9. The largest absolute Gasteiger partial charge is 0.494 e. The average molecular weight is 392 g/mol. The molecule has 27 heavy (non-hydrogen) atoms. The summed E-state index contributed by atoms with van der Waals surface area (Å²) in [6.07, 6.45) is 0. The number of carbonyl (C=O) groups is 2. The number of rotatable bonds is 8. The molecule has 1 amide bonds. The first-order valence-corrected chi connectivity index (χ1v) is 9.57. The van der Waals surface area contributed by atoms with Crippen molar-refractivity contribution < 1.29 is 27.5 Å². The Morgan fingerprint density at radius 3 is 2.41 bits per heavy atom. The highest BCUT2D eigenvalue weighted by atomic mass is 32.2. The van der Waals surface area contributed by atoms with Crippen molar-refractivity contribution in [3.05, 3.63) is 54.1 Å². The number of hydrogen-bond acceptors (Lipinski definition) is 6. The Labute approximate surface area is 157 Å². The van der Waals surface area contributed by atoms with Crippen LogP contribution in [0, 0.1) is 0 Å². The number of ether oxygens (including phenoxy) is 2. The lowest BCUT2D eigenvalue weighted by atomic mass is 10.2. The second-order valence-electron chi connectivity index (χ2n) is 5.32. The summed E-state index contributed by atoms with van der Waals surface area (Å²) < 4.78 is 35.9. The summed E-state index contributed by atoms with van der Waals surface area (Å²) >= 11 is 0. The molecule has 0 aliphatic rings. The summed E-state index contributed by atoms with van der Waals surface area (Å²) in [4.78, 5) is 23.9. The first-order valence-electron chi connectivity index (χ1n) is 8.09. The number of esters is 1. The molecule has 2 N–H and O–H groups in total. The monoisotopic (exact) mass is 392 g/mol. The van der Waals surface area contributed by atoms with Gasteiger partial charge in [0.25, 0.3) is 5.91 Å². The lowest BCUT2D eigenvalue weighted by Crippen LogP contribution is -2.21. The predicted octanol–water partition coefficient (Wildman–Crippen LogP) is 1.79. The van der Waals surface area contributed by atoms with Gasteiger partial charge in [-0.3, -0.25) is 4.79 Å². The van der Waals surface area contributed by atoms with E-state index in [1.165, 1.54) is 31.3 Å². The van der Waals surface area contributed by atoms with Crippen LogP contribution >= 0.6 is 0 Å². The zero-order valence-corrected chi connectivity index (χ0v) is 15.7. The second kappa shape index (κ2) is 9.15. The maximum Gasteiger partial charge on any atom is 0.338 e. The van der Waals surface area contributed by atoms with Gasteiger partial charge in [-0.2, -0.15) is 0 Å². The third-order valence-corrected chi connectivity index (χ3v) is 4.84. The first kappa shape index (κ1) is 20.4. The number of nitrogens with one attached hydrogen (secondary N) is 2. The fourth-order valence-electron chi connectivity index (χ4n) is 2.12. The Hall–Kier alpha value is -2.91. The number of sulfonamides is 1. The van der Waals surface area contributed by atoms with Crippen LogP contribution in [0.15, 0.2) is 53.4 Å². The van der Waals surface area contributed by atoms with Crippen molar-refractivity contribution in [2.45, 2.75) is 11.8 Å². The quantitative estimate of drug-likeness (QED) is 0.663. The minimum atomic E-state index is -3.68. The van der Waals surface area contributed by atoms with Gasteiger partial charge in [0.1, 0.15) is 5.75 Å². The van der Waals surface area contributed by atoms with Crippen LogP contribution in [0.5, 0.6) is 5.75 Å². The molecule has 0 atom stereocenters. The third kappa shape index (κ3) is 5.80. The number of carbonyl (C=O) groups excluding carboxylic acids is 2. The number of hydrogen-bond donors (Lipinski definition) is 2. The molecule has 0 aliphatic heterocycles. The van der Waals surface area contributed by atoms with Gasteiger partial charge in [-0.15, -0.1) is 0 Å². The molecule has 8 nitrogen and oxygen atoms in total. The molecule has 2 aromatic carbocycles. The van der Waals surface area contributed by atoms with Gasteiger partial charge >= 0.3 is 5.97 Å². The zero-order valence-electron chi connectivity index (χ0n) is 14.9. The summed E-state index contributed by atoms with van der Waals surface area (Å²) in [6, 6.07) is 12.1. The molecule has 0 radical (unpaired) electrons. The topological polar surface area (TPSA) is 111 Å². The molecule has 0 bridgehead atoms. The lowest BCUT2D eigenvalue weighted by molar-refractivity contribution is -0.119. The molecule has 0 aliphatic carbocycles. The second-order valence-corrected chi connectivity index (χ2v) is 7.20. The Kier molecular flexibility index (Phi) is 6.91. The van der Waals surface area contributed by atoms with Crippen molar-refractivity contribution in [1.82, 2.24) is 4.72 Å². The fourth-order valence-corrected chi connectivity index (χ4v) is 2.90. The maximum absolute atomic E-state index is 12.1. The van der Waals surface area contributed by atoms with E-state index in [9.17, 15) is 18.0 Å². The molecular formula is C18H20N2O6S. The van der Waals surface area contributed by atoms with Crippen LogP contribution < -0.4 is 14.8 Å². The van der Waals surface area contributed by atoms with E-state index in [0.29, 0.717) is 18.0 Å². The molecule has 9 heteroatoms. The number of benzene rings is 2. The minimum Gasteiger partial charge on any atom is -0.494 e. The van der Waals surface area contributed by atoms with E-state index in [0.717, 1.165) is 0 Å². The Morgan fingerprint density at radius 1 is 1.07 bits per heavy atom.